The molecule has 29 heavy (non-hydrogen) atoms. The molecule has 3 rings (SSSR count). The van der Waals surface area contributed by atoms with Gasteiger partial charge in [-0.25, -0.2) is 0 Å². The van der Waals surface area contributed by atoms with Gasteiger partial charge in [-0.3, -0.25) is 9.69 Å². The van der Waals surface area contributed by atoms with E-state index in [1.54, 1.807) is 0 Å². The third kappa shape index (κ3) is 6.30. The standard InChI is InChI=1S/C24H25N3O2/c1-19-12-14-22(15-13-19)25-24(28)23(26-29)18-27(16-20-8-4-2-5-9-20)17-21-10-6-3-7-11-21/h2-15,29H,16-18H2,1H3,(H,25,28). The third-order valence-corrected chi connectivity index (χ3v) is 4.56. The SMILES string of the molecule is Cc1ccc(NC(=O)C(CN(Cc2ccccc2)Cc2ccccc2)=NO)cc1. The Labute approximate surface area is 171 Å². The van der Waals surface area contributed by atoms with E-state index in [-0.39, 0.29) is 12.3 Å². The summed E-state index contributed by atoms with van der Waals surface area (Å²) in [7, 11) is 0. The molecule has 0 radical (unpaired) electrons. The minimum absolute atomic E-state index is 0.0671. The fourth-order valence-electron chi connectivity index (χ4n) is 3.05. The summed E-state index contributed by atoms with van der Waals surface area (Å²) < 4.78 is 0. The largest absolute Gasteiger partial charge is 0.410 e. The second-order valence-electron chi connectivity index (χ2n) is 6.98. The van der Waals surface area contributed by atoms with E-state index >= 15 is 0 Å². The number of nitrogens with zero attached hydrogens (tertiary/aromatic N) is 2. The molecule has 0 aliphatic heterocycles. The maximum absolute atomic E-state index is 12.6. The molecular formula is C24H25N3O2. The molecule has 0 atom stereocenters. The van der Waals surface area contributed by atoms with Crippen molar-refractivity contribution in [2.24, 2.45) is 5.16 Å². The van der Waals surface area contributed by atoms with E-state index < -0.39 is 5.91 Å². The number of carbonyl (C=O) groups excluding carboxylic acids is 1. The molecule has 0 unspecified atom stereocenters. The van der Waals surface area contributed by atoms with Gasteiger partial charge in [0, 0.05) is 18.8 Å². The first kappa shape index (κ1) is 20.3. The number of carbonyl (C=O) groups is 1. The first-order valence-electron chi connectivity index (χ1n) is 9.53. The van der Waals surface area contributed by atoms with E-state index in [0.717, 1.165) is 16.7 Å². The number of hydrogen-bond acceptors (Lipinski definition) is 4. The molecule has 5 heteroatoms. The summed E-state index contributed by atoms with van der Waals surface area (Å²) in [6.07, 6.45) is 0. The number of oxime groups is 1. The van der Waals surface area contributed by atoms with Gasteiger partial charge in [-0.15, -0.1) is 0 Å². The quantitative estimate of drug-likeness (QED) is 0.341. The second-order valence-corrected chi connectivity index (χ2v) is 6.98. The van der Waals surface area contributed by atoms with Crippen molar-refractivity contribution in [3.63, 3.8) is 0 Å². The number of anilines is 1. The lowest BCUT2D eigenvalue weighted by atomic mass is 10.1. The van der Waals surface area contributed by atoms with Crippen LogP contribution in [0.25, 0.3) is 0 Å². The lowest BCUT2D eigenvalue weighted by Gasteiger charge is -2.22. The topological polar surface area (TPSA) is 64.9 Å². The summed E-state index contributed by atoms with van der Waals surface area (Å²) in [6.45, 7) is 3.47. The number of hydrogen-bond donors (Lipinski definition) is 2. The Morgan fingerprint density at radius 1 is 0.862 bits per heavy atom. The Kier molecular flexibility index (Phi) is 7.14. The number of amides is 1. The van der Waals surface area contributed by atoms with E-state index in [1.807, 2.05) is 91.9 Å². The van der Waals surface area contributed by atoms with E-state index in [2.05, 4.69) is 15.4 Å². The molecule has 3 aromatic rings. The Morgan fingerprint density at radius 2 is 1.38 bits per heavy atom. The van der Waals surface area contributed by atoms with Gasteiger partial charge in [0.15, 0.2) is 5.71 Å². The Balaban J connectivity index is 1.73. The molecule has 0 heterocycles. The number of aryl methyl sites for hydroxylation is 1. The molecule has 0 aliphatic rings. The van der Waals surface area contributed by atoms with Crippen LogP contribution in [0, 0.1) is 6.92 Å². The molecule has 3 aromatic carbocycles. The van der Waals surface area contributed by atoms with E-state index in [1.165, 1.54) is 0 Å². The Bertz CT molecular complexity index is 897. The van der Waals surface area contributed by atoms with E-state index in [0.29, 0.717) is 18.8 Å². The van der Waals surface area contributed by atoms with Gasteiger partial charge in [0.25, 0.3) is 5.91 Å². The molecule has 0 fully saturated rings. The molecule has 0 spiro atoms. The molecule has 5 nitrogen and oxygen atoms in total. The first-order chi connectivity index (χ1) is 14.1. The number of benzene rings is 3. The monoisotopic (exact) mass is 387 g/mol. The van der Waals surface area contributed by atoms with Gasteiger partial charge < -0.3 is 10.5 Å². The average Bonchev–Trinajstić information content (AvgIpc) is 2.75. The van der Waals surface area contributed by atoms with Crippen LogP contribution in [0.3, 0.4) is 0 Å². The summed E-state index contributed by atoms with van der Waals surface area (Å²) in [4.78, 5) is 14.7. The smallest absolute Gasteiger partial charge is 0.274 e. The van der Waals surface area contributed by atoms with Crippen molar-refractivity contribution in [2.45, 2.75) is 20.0 Å². The number of nitrogens with one attached hydrogen (secondary N) is 1. The van der Waals surface area contributed by atoms with Crippen molar-refractivity contribution in [2.75, 3.05) is 11.9 Å². The lowest BCUT2D eigenvalue weighted by molar-refractivity contribution is -0.110. The zero-order valence-corrected chi connectivity index (χ0v) is 16.5. The predicted molar refractivity (Wildman–Crippen MR) is 116 cm³/mol. The molecule has 0 saturated heterocycles. The predicted octanol–water partition coefficient (Wildman–Crippen LogP) is 4.47. The van der Waals surface area contributed by atoms with Crippen LogP contribution in [0.4, 0.5) is 5.69 Å². The van der Waals surface area contributed by atoms with Crippen LogP contribution in [-0.4, -0.2) is 28.3 Å². The van der Waals surface area contributed by atoms with Crippen LogP contribution in [0.1, 0.15) is 16.7 Å². The zero-order valence-electron chi connectivity index (χ0n) is 16.5. The first-order valence-corrected chi connectivity index (χ1v) is 9.53. The molecule has 0 aromatic heterocycles. The number of rotatable bonds is 8. The molecular weight excluding hydrogens is 362 g/mol. The Morgan fingerprint density at radius 3 is 1.86 bits per heavy atom. The van der Waals surface area contributed by atoms with Gasteiger partial charge >= 0.3 is 0 Å². The fraction of sp³-hybridized carbons (Fsp3) is 0.167. The van der Waals surface area contributed by atoms with Crippen LogP contribution >= 0.6 is 0 Å². The minimum atomic E-state index is -0.414. The van der Waals surface area contributed by atoms with Gasteiger partial charge in [0.2, 0.25) is 0 Å². The highest BCUT2D eigenvalue weighted by Gasteiger charge is 2.18. The summed E-state index contributed by atoms with van der Waals surface area (Å²) in [5, 5.41) is 15.6. The van der Waals surface area contributed by atoms with E-state index in [9.17, 15) is 10.0 Å². The van der Waals surface area contributed by atoms with Crippen molar-refractivity contribution in [3.8, 4) is 0 Å². The summed E-state index contributed by atoms with van der Waals surface area (Å²) in [5.41, 5.74) is 4.09. The second kappa shape index (κ2) is 10.2. The van der Waals surface area contributed by atoms with Crippen molar-refractivity contribution < 1.29 is 10.0 Å². The lowest BCUT2D eigenvalue weighted by Crippen LogP contribution is -2.36. The molecule has 0 bridgehead atoms. The van der Waals surface area contributed by atoms with Gasteiger partial charge in [-0.2, -0.15) is 0 Å². The Hall–Kier alpha value is -3.44. The molecule has 148 valence electrons. The van der Waals surface area contributed by atoms with E-state index in [4.69, 9.17) is 0 Å². The maximum Gasteiger partial charge on any atom is 0.274 e. The minimum Gasteiger partial charge on any atom is -0.410 e. The molecule has 0 aliphatic carbocycles. The van der Waals surface area contributed by atoms with Gasteiger partial charge in [-0.1, -0.05) is 83.5 Å². The van der Waals surface area contributed by atoms with Gasteiger partial charge in [0.05, 0.1) is 6.54 Å². The van der Waals surface area contributed by atoms with Gasteiger partial charge in [0.1, 0.15) is 0 Å². The molecule has 0 saturated carbocycles. The van der Waals surface area contributed by atoms with Crippen molar-refractivity contribution >= 4 is 17.3 Å². The summed E-state index contributed by atoms with van der Waals surface area (Å²) in [5.74, 6) is -0.414. The van der Waals surface area contributed by atoms with Crippen molar-refractivity contribution in [3.05, 3.63) is 102 Å². The highest BCUT2D eigenvalue weighted by atomic mass is 16.4. The van der Waals surface area contributed by atoms with Crippen LogP contribution in [0.5, 0.6) is 0 Å². The zero-order chi connectivity index (χ0) is 20.5. The fourth-order valence-corrected chi connectivity index (χ4v) is 3.05. The van der Waals surface area contributed by atoms with Crippen molar-refractivity contribution in [1.82, 2.24) is 4.90 Å². The van der Waals surface area contributed by atoms with Crippen LogP contribution in [0.15, 0.2) is 90.1 Å². The summed E-state index contributed by atoms with van der Waals surface area (Å²) >= 11 is 0. The summed E-state index contributed by atoms with van der Waals surface area (Å²) in [6, 6.07) is 27.6. The molecule has 1 amide bonds. The highest BCUT2D eigenvalue weighted by molar-refractivity contribution is 6.43. The molecule has 2 N–H and O–H groups in total. The van der Waals surface area contributed by atoms with Crippen molar-refractivity contribution in [1.29, 1.82) is 0 Å². The average molecular weight is 387 g/mol. The normalized spacial score (nSPS) is 11.4. The van der Waals surface area contributed by atoms with Crippen LogP contribution in [0.2, 0.25) is 0 Å². The van der Waals surface area contributed by atoms with Crippen LogP contribution in [-0.2, 0) is 17.9 Å². The third-order valence-electron chi connectivity index (χ3n) is 4.56. The van der Waals surface area contributed by atoms with Crippen LogP contribution < -0.4 is 5.32 Å². The van der Waals surface area contributed by atoms with Gasteiger partial charge in [-0.05, 0) is 30.2 Å². The highest BCUT2D eigenvalue weighted by Crippen LogP contribution is 2.12. The maximum atomic E-state index is 12.6.